The number of nitrogens with one attached hydrogen (secondary N) is 2. The topological polar surface area (TPSA) is 130 Å². The molecule has 4 aromatic rings. The largest absolute Gasteiger partial charge is 0.385 e. The number of aromatic amines is 1. The number of ether oxygens (including phenoxy) is 1. The van der Waals surface area contributed by atoms with Crippen LogP contribution in [0.3, 0.4) is 0 Å². The molecular weight excluding hydrogens is 550 g/mol. The van der Waals surface area contributed by atoms with Gasteiger partial charge in [-0.3, -0.25) is 9.78 Å². The maximum absolute atomic E-state index is 12.8. The Morgan fingerprint density at radius 3 is 2.67 bits per heavy atom. The van der Waals surface area contributed by atoms with Crippen molar-refractivity contribution in [3.63, 3.8) is 0 Å². The Balaban J connectivity index is 1.37. The lowest BCUT2D eigenvalue weighted by atomic mass is 9.88. The summed E-state index contributed by atoms with van der Waals surface area (Å²) in [5, 5.41) is 4.52. The van der Waals surface area contributed by atoms with Crippen LogP contribution in [-0.4, -0.2) is 61.2 Å². The lowest BCUT2D eigenvalue weighted by Crippen LogP contribution is -2.39. The number of nitrogens with two attached hydrogens (primary N) is 1. The van der Waals surface area contributed by atoms with Gasteiger partial charge in [0.15, 0.2) is 0 Å². The molecule has 0 radical (unpaired) electrons. The third kappa shape index (κ3) is 7.25. The molecule has 3 heterocycles. The molecule has 0 saturated carbocycles. The highest BCUT2D eigenvalue weighted by Gasteiger charge is 2.29. The maximum Gasteiger partial charge on any atom is 0.221 e. The highest BCUT2D eigenvalue weighted by Crippen LogP contribution is 2.37. The van der Waals surface area contributed by atoms with Gasteiger partial charge in [-0.25, -0.2) is 12.7 Å². The van der Waals surface area contributed by atoms with Gasteiger partial charge in [0, 0.05) is 63.2 Å². The predicted molar refractivity (Wildman–Crippen MR) is 165 cm³/mol. The molecule has 42 heavy (non-hydrogen) atoms. The predicted octanol–water partition coefficient (Wildman–Crippen LogP) is 4.09. The fourth-order valence-corrected chi connectivity index (χ4v) is 7.33. The van der Waals surface area contributed by atoms with Crippen molar-refractivity contribution in [2.45, 2.75) is 44.7 Å². The molecule has 4 N–H and O–H groups in total. The van der Waals surface area contributed by atoms with Gasteiger partial charge in [0.05, 0.1) is 17.9 Å². The fraction of sp³-hybridized carbons (Fsp3) is 0.375. The summed E-state index contributed by atoms with van der Waals surface area (Å²) in [6.45, 7) is 2.80. The first kappa shape index (κ1) is 29.9. The Kier molecular flexibility index (Phi) is 9.69. The van der Waals surface area contributed by atoms with E-state index in [1.54, 1.807) is 17.6 Å². The third-order valence-electron chi connectivity index (χ3n) is 7.93. The summed E-state index contributed by atoms with van der Waals surface area (Å²) in [6, 6.07) is 18.5. The van der Waals surface area contributed by atoms with Gasteiger partial charge in [0.25, 0.3) is 0 Å². The van der Waals surface area contributed by atoms with Crippen molar-refractivity contribution in [1.82, 2.24) is 19.6 Å². The van der Waals surface area contributed by atoms with Crippen molar-refractivity contribution >= 4 is 26.8 Å². The fourth-order valence-electron chi connectivity index (χ4n) is 5.82. The molecule has 1 fully saturated rings. The summed E-state index contributed by atoms with van der Waals surface area (Å²) in [6.07, 6.45) is 5.92. The van der Waals surface area contributed by atoms with Gasteiger partial charge in [-0.1, -0.05) is 24.3 Å². The van der Waals surface area contributed by atoms with Crippen LogP contribution in [0.2, 0.25) is 0 Å². The van der Waals surface area contributed by atoms with E-state index in [-0.39, 0.29) is 24.0 Å². The molecule has 2 aromatic carbocycles. The normalized spacial score (nSPS) is 14.9. The number of piperidine rings is 1. The second-order valence-corrected chi connectivity index (χ2v) is 13.0. The molecule has 2 aromatic heterocycles. The van der Waals surface area contributed by atoms with E-state index in [0.717, 1.165) is 57.3 Å². The number of hydrogen-bond donors (Lipinski definition) is 3. The standard InChI is InChI=1S/C32H39N5O4S/c1-41-14-5-15-42(39,40)37-12-9-24(10-13-37)30-22-36-32-27(19-31(33)38)17-26(18-29(30)32)25-7-4-6-23(16-25)20-34-21-28-8-2-3-11-35-28/h2-4,6-8,11,16-18,22,24,34,36H,5,9-10,12-15,19-21H2,1H3,(H2,33,38). The van der Waals surface area contributed by atoms with E-state index < -0.39 is 10.0 Å². The smallest absolute Gasteiger partial charge is 0.221 e. The van der Waals surface area contributed by atoms with Crippen LogP contribution in [0.25, 0.3) is 22.0 Å². The first-order valence-electron chi connectivity index (χ1n) is 14.4. The first-order chi connectivity index (χ1) is 20.3. The Morgan fingerprint density at radius 1 is 1.10 bits per heavy atom. The van der Waals surface area contributed by atoms with Gasteiger partial charge in [-0.2, -0.15) is 0 Å². The molecule has 0 atom stereocenters. The van der Waals surface area contributed by atoms with Crippen LogP contribution < -0.4 is 11.1 Å². The molecule has 10 heteroatoms. The van der Waals surface area contributed by atoms with Crippen molar-refractivity contribution in [1.29, 1.82) is 0 Å². The van der Waals surface area contributed by atoms with E-state index in [0.29, 0.717) is 39.2 Å². The summed E-state index contributed by atoms with van der Waals surface area (Å²) >= 11 is 0. The van der Waals surface area contributed by atoms with Gasteiger partial charge in [0.1, 0.15) is 0 Å². The molecule has 1 aliphatic rings. The summed E-state index contributed by atoms with van der Waals surface area (Å²) in [5.41, 5.74) is 12.8. The third-order valence-corrected chi connectivity index (χ3v) is 9.88. The molecular formula is C32H39N5O4S. The zero-order chi connectivity index (χ0) is 29.5. The zero-order valence-electron chi connectivity index (χ0n) is 24.0. The lowest BCUT2D eigenvalue weighted by Gasteiger charge is -2.31. The summed E-state index contributed by atoms with van der Waals surface area (Å²) in [4.78, 5) is 19.8. The Morgan fingerprint density at radius 2 is 1.93 bits per heavy atom. The summed E-state index contributed by atoms with van der Waals surface area (Å²) < 4.78 is 32.2. The molecule has 222 valence electrons. The molecule has 1 saturated heterocycles. The molecule has 0 unspecified atom stereocenters. The number of rotatable bonds is 13. The minimum Gasteiger partial charge on any atom is -0.385 e. The molecule has 1 aliphatic heterocycles. The number of amides is 1. The van der Waals surface area contributed by atoms with E-state index in [1.807, 2.05) is 36.5 Å². The monoisotopic (exact) mass is 589 g/mol. The van der Waals surface area contributed by atoms with Gasteiger partial charge < -0.3 is 20.8 Å². The molecule has 0 aliphatic carbocycles. The van der Waals surface area contributed by atoms with E-state index in [1.165, 1.54) is 0 Å². The number of pyridine rings is 1. The first-order valence-corrected chi connectivity index (χ1v) is 16.0. The SMILES string of the molecule is COCCCS(=O)(=O)N1CCC(c2c[nH]c3c(CC(N)=O)cc(-c4cccc(CNCc5ccccn5)c4)cc23)CC1. The Bertz CT molecular complexity index is 1610. The van der Waals surface area contributed by atoms with Crippen LogP contribution in [0.15, 0.2) is 67.0 Å². The van der Waals surface area contributed by atoms with E-state index in [2.05, 4.69) is 39.6 Å². The number of primary amides is 1. The molecule has 5 rings (SSSR count). The van der Waals surface area contributed by atoms with Crippen LogP contribution in [0.1, 0.15) is 47.6 Å². The number of carbonyl (C=O) groups excluding carboxylic acids is 1. The van der Waals surface area contributed by atoms with E-state index in [9.17, 15) is 13.2 Å². The number of benzene rings is 2. The summed E-state index contributed by atoms with van der Waals surface area (Å²) in [5.74, 6) is -0.0667. The Labute approximate surface area is 247 Å². The molecule has 1 amide bonds. The number of aromatic nitrogens is 2. The second-order valence-electron chi connectivity index (χ2n) is 10.9. The van der Waals surface area contributed by atoms with Crippen LogP contribution in [0, 0.1) is 0 Å². The van der Waals surface area contributed by atoms with Gasteiger partial charge >= 0.3 is 0 Å². The van der Waals surface area contributed by atoms with Gasteiger partial charge in [-0.15, -0.1) is 0 Å². The average Bonchev–Trinajstić information content (AvgIpc) is 3.42. The minimum absolute atomic E-state index is 0.107. The molecule has 0 bridgehead atoms. The van der Waals surface area contributed by atoms with Crippen LogP contribution in [-0.2, 0) is 39.1 Å². The van der Waals surface area contributed by atoms with Crippen LogP contribution >= 0.6 is 0 Å². The number of fused-ring (bicyclic) bond motifs is 1. The number of sulfonamides is 1. The second kappa shape index (κ2) is 13.6. The highest BCUT2D eigenvalue weighted by molar-refractivity contribution is 7.89. The quantitative estimate of drug-likeness (QED) is 0.201. The number of hydrogen-bond acceptors (Lipinski definition) is 6. The highest BCUT2D eigenvalue weighted by atomic mass is 32.2. The van der Waals surface area contributed by atoms with E-state index in [4.69, 9.17) is 10.5 Å². The number of nitrogens with zero attached hydrogens (tertiary/aromatic N) is 2. The van der Waals surface area contributed by atoms with Crippen molar-refractivity contribution in [2.75, 3.05) is 32.6 Å². The molecule has 9 nitrogen and oxygen atoms in total. The van der Waals surface area contributed by atoms with Crippen molar-refractivity contribution in [3.05, 3.63) is 89.4 Å². The lowest BCUT2D eigenvalue weighted by molar-refractivity contribution is -0.117. The zero-order valence-corrected chi connectivity index (χ0v) is 24.8. The summed E-state index contributed by atoms with van der Waals surface area (Å²) in [7, 11) is -1.71. The van der Waals surface area contributed by atoms with Crippen molar-refractivity contribution < 1.29 is 17.9 Å². The van der Waals surface area contributed by atoms with Crippen molar-refractivity contribution in [3.8, 4) is 11.1 Å². The number of H-pyrrole nitrogens is 1. The number of carbonyl (C=O) groups is 1. The van der Waals surface area contributed by atoms with Gasteiger partial charge in [0.2, 0.25) is 15.9 Å². The number of methoxy groups -OCH3 is 1. The van der Waals surface area contributed by atoms with Crippen LogP contribution in [0.5, 0.6) is 0 Å². The average molecular weight is 590 g/mol. The van der Waals surface area contributed by atoms with Crippen molar-refractivity contribution in [2.24, 2.45) is 5.73 Å². The van der Waals surface area contributed by atoms with E-state index >= 15 is 0 Å². The Hall–Kier alpha value is -3.57. The van der Waals surface area contributed by atoms with Gasteiger partial charge in [-0.05, 0) is 83.3 Å². The molecule has 0 spiro atoms. The minimum atomic E-state index is -3.29. The maximum atomic E-state index is 12.8. The van der Waals surface area contributed by atoms with Crippen LogP contribution in [0.4, 0.5) is 0 Å².